The van der Waals surface area contributed by atoms with Crippen molar-refractivity contribution < 1.29 is 14.8 Å². The first-order chi connectivity index (χ1) is 9.41. The zero-order chi connectivity index (χ0) is 14.9. The summed E-state index contributed by atoms with van der Waals surface area (Å²) in [5.41, 5.74) is 0.381. The van der Waals surface area contributed by atoms with Gasteiger partial charge < -0.3 is 10.0 Å². The Morgan fingerprint density at radius 1 is 1.45 bits per heavy atom. The average Bonchev–Trinajstić information content (AvgIpc) is 2.41. The van der Waals surface area contributed by atoms with Crippen LogP contribution >= 0.6 is 0 Å². The maximum atomic E-state index is 11.4. The number of aromatic carboxylic acids is 1. The van der Waals surface area contributed by atoms with Gasteiger partial charge in [-0.3, -0.25) is 10.1 Å². The molecule has 0 saturated carbocycles. The molecule has 0 amide bonds. The number of carboxylic acids is 1. The number of hydrogen-bond donors (Lipinski definition) is 1. The number of anilines is 1. The zero-order valence-electron chi connectivity index (χ0n) is 11.6. The highest BCUT2D eigenvalue weighted by Crippen LogP contribution is 2.32. The van der Waals surface area contributed by atoms with Gasteiger partial charge in [-0.25, -0.2) is 4.79 Å². The van der Waals surface area contributed by atoms with Crippen molar-refractivity contribution in [1.82, 2.24) is 0 Å². The molecule has 0 aliphatic carbocycles. The molecule has 6 heteroatoms. The highest BCUT2D eigenvalue weighted by Gasteiger charge is 2.28. The van der Waals surface area contributed by atoms with E-state index in [1.165, 1.54) is 6.07 Å². The van der Waals surface area contributed by atoms with Gasteiger partial charge in [0, 0.05) is 24.7 Å². The van der Waals surface area contributed by atoms with Crippen LogP contribution in [0.4, 0.5) is 11.4 Å². The Bertz CT molecular complexity index is 544. The van der Waals surface area contributed by atoms with Crippen molar-refractivity contribution in [3.63, 3.8) is 0 Å². The van der Waals surface area contributed by atoms with E-state index in [0.717, 1.165) is 25.5 Å². The van der Waals surface area contributed by atoms with E-state index in [1.54, 1.807) is 6.07 Å². The van der Waals surface area contributed by atoms with Crippen LogP contribution < -0.4 is 4.90 Å². The molecule has 2 atom stereocenters. The maximum Gasteiger partial charge on any atom is 0.338 e. The first-order valence-electron chi connectivity index (χ1n) is 6.70. The van der Waals surface area contributed by atoms with E-state index >= 15 is 0 Å². The summed E-state index contributed by atoms with van der Waals surface area (Å²) in [5.74, 6) is -0.658. The summed E-state index contributed by atoms with van der Waals surface area (Å²) < 4.78 is 0. The summed E-state index contributed by atoms with van der Waals surface area (Å²) >= 11 is 0. The molecular formula is C14H18N2O4. The molecule has 1 aromatic rings. The van der Waals surface area contributed by atoms with Crippen molar-refractivity contribution in [2.24, 2.45) is 5.92 Å². The van der Waals surface area contributed by atoms with Gasteiger partial charge in [0.2, 0.25) is 0 Å². The summed E-state index contributed by atoms with van der Waals surface area (Å²) in [4.78, 5) is 23.6. The van der Waals surface area contributed by atoms with Gasteiger partial charge in [-0.1, -0.05) is 6.92 Å². The number of rotatable bonds is 3. The number of nitro groups is 1. The minimum Gasteiger partial charge on any atom is -0.478 e. The van der Waals surface area contributed by atoms with Gasteiger partial charge >= 0.3 is 5.97 Å². The van der Waals surface area contributed by atoms with Crippen LogP contribution in [0.5, 0.6) is 0 Å². The molecule has 1 fully saturated rings. The highest BCUT2D eigenvalue weighted by atomic mass is 16.6. The SMILES string of the molecule is CC1CCCN(c2ccc([N+](=O)[O-])cc2C(=O)O)C1C. The topological polar surface area (TPSA) is 83.7 Å². The summed E-state index contributed by atoms with van der Waals surface area (Å²) in [5, 5.41) is 20.1. The van der Waals surface area contributed by atoms with E-state index in [2.05, 4.69) is 13.8 Å². The third-order valence-electron chi connectivity index (χ3n) is 4.10. The van der Waals surface area contributed by atoms with Crippen LogP contribution in [0.1, 0.15) is 37.0 Å². The molecule has 1 aromatic carbocycles. The second kappa shape index (κ2) is 5.48. The normalized spacial score (nSPS) is 22.6. The number of nitro benzene ring substituents is 1. The minimum atomic E-state index is -1.13. The molecule has 1 heterocycles. The highest BCUT2D eigenvalue weighted by molar-refractivity contribution is 5.95. The number of carbonyl (C=O) groups is 1. The minimum absolute atomic E-state index is 0.000139. The summed E-state index contributed by atoms with van der Waals surface area (Å²) in [6.07, 6.45) is 2.12. The van der Waals surface area contributed by atoms with E-state index in [1.807, 2.05) is 4.90 Å². The Balaban J connectivity index is 2.45. The fraction of sp³-hybridized carbons (Fsp3) is 0.500. The number of nitrogens with zero attached hydrogens (tertiary/aromatic N) is 2. The van der Waals surface area contributed by atoms with Crippen molar-refractivity contribution in [1.29, 1.82) is 0 Å². The van der Waals surface area contributed by atoms with Crippen molar-refractivity contribution >= 4 is 17.3 Å². The first kappa shape index (κ1) is 14.3. The smallest absolute Gasteiger partial charge is 0.338 e. The predicted octanol–water partition coefficient (Wildman–Crippen LogP) is 2.92. The van der Waals surface area contributed by atoms with E-state index in [4.69, 9.17) is 0 Å². The maximum absolute atomic E-state index is 11.4. The molecule has 2 unspecified atom stereocenters. The van der Waals surface area contributed by atoms with Gasteiger partial charge in [-0.05, 0) is 31.7 Å². The summed E-state index contributed by atoms with van der Waals surface area (Å²) in [6, 6.07) is 4.29. The monoisotopic (exact) mass is 278 g/mol. The predicted molar refractivity (Wildman–Crippen MR) is 75.3 cm³/mol. The number of non-ortho nitro benzene ring substituents is 1. The van der Waals surface area contributed by atoms with Crippen LogP contribution in [0.3, 0.4) is 0 Å². The van der Waals surface area contributed by atoms with Gasteiger partial charge in [0.1, 0.15) is 0 Å². The zero-order valence-corrected chi connectivity index (χ0v) is 11.6. The molecule has 2 rings (SSSR count). The van der Waals surface area contributed by atoms with Crippen molar-refractivity contribution in [2.75, 3.05) is 11.4 Å². The van der Waals surface area contributed by atoms with E-state index in [-0.39, 0.29) is 17.3 Å². The van der Waals surface area contributed by atoms with Crippen LogP contribution in [-0.4, -0.2) is 28.6 Å². The van der Waals surface area contributed by atoms with Crippen LogP contribution in [0.25, 0.3) is 0 Å². The third-order valence-corrected chi connectivity index (χ3v) is 4.10. The summed E-state index contributed by atoms with van der Waals surface area (Å²) in [7, 11) is 0. The van der Waals surface area contributed by atoms with Crippen molar-refractivity contribution in [3.8, 4) is 0 Å². The second-order valence-electron chi connectivity index (χ2n) is 5.32. The summed E-state index contributed by atoms with van der Waals surface area (Å²) in [6.45, 7) is 4.99. The number of benzene rings is 1. The lowest BCUT2D eigenvalue weighted by Gasteiger charge is -2.40. The molecule has 1 aliphatic rings. The van der Waals surface area contributed by atoms with E-state index in [9.17, 15) is 20.0 Å². The lowest BCUT2D eigenvalue weighted by Crippen LogP contribution is -2.43. The van der Waals surface area contributed by atoms with Crippen molar-refractivity contribution in [2.45, 2.75) is 32.7 Å². The van der Waals surface area contributed by atoms with Crippen LogP contribution in [0.15, 0.2) is 18.2 Å². The molecule has 0 aromatic heterocycles. The Morgan fingerprint density at radius 3 is 2.75 bits per heavy atom. The Hall–Kier alpha value is -2.11. The van der Waals surface area contributed by atoms with E-state index in [0.29, 0.717) is 11.6 Å². The molecule has 20 heavy (non-hydrogen) atoms. The molecule has 108 valence electrons. The standard InChI is InChI=1S/C14H18N2O4/c1-9-4-3-7-15(10(9)2)13-6-5-11(16(19)20)8-12(13)14(17)18/h5-6,8-10H,3-4,7H2,1-2H3,(H,17,18). The Kier molecular flexibility index (Phi) is 3.92. The van der Waals surface area contributed by atoms with Crippen molar-refractivity contribution in [3.05, 3.63) is 33.9 Å². The largest absolute Gasteiger partial charge is 0.478 e. The van der Waals surface area contributed by atoms with Gasteiger partial charge in [-0.2, -0.15) is 0 Å². The second-order valence-corrected chi connectivity index (χ2v) is 5.32. The lowest BCUT2D eigenvalue weighted by atomic mass is 9.91. The number of hydrogen-bond acceptors (Lipinski definition) is 4. The van der Waals surface area contributed by atoms with Crippen LogP contribution in [-0.2, 0) is 0 Å². The number of piperidine rings is 1. The third kappa shape index (κ3) is 2.59. The molecule has 6 nitrogen and oxygen atoms in total. The Morgan fingerprint density at radius 2 is 2.15 bits per heavy atom. The first-order valence-corrected chi connectivity index (χ1v) is 6.70. The Labute approximate surface area is 117 Å². The number of carboxylic acid groups (broad SMARTS) is 1. The molecule has 1 N–H and O–H groups in total. The van der Waals surface area contributed by atoms with Gasteiger partial charge in [0.05, 0.1) is 16.2 Å². The quantitative estimate of drug-likeness (QED) is 0.679. The molecule has 0 spiro atoms. The van der Waals surface area contributed by atoms with Gasteiger partial charge in [0.15, 0.2) is 0 Å². The van der Waals surface area contributed by atoms with Crippen LogP contribution in [0, 0.1) is 16.0 Å². The van der Waals surface area contributed by atoms with Crippen LogP contribution in [0.2, 0.25) is 0 Å². The van der Waals surface area contributed by atoms with E-state index < -0.39 is 10.9 Å². The van der Waals surface area contributed by atoms with Gasteiger partial charge in [0.25, 0.3) is 5.69 Å². The fourth-order valence-corrected chi connectivity index (χ4v) is 2.73. The molecule has 1 aliphatic heterocycles. The molecule has 0 bridgehead atoms. The fourth-order valence-electron chi connectivity index (χ4n) is 2.73. The van der Waals surface area contributed by atoms with Gasteiger partial charge in [-0.15, -0.1) is 0 Å². The molecule has 1 saturated heterocycles. The average molecular weight is 278 g/mol. The lowest BCUT2D eigenvalue weighted by molar-refractivity contribution is -0.384. The molecule has 0 radical (unpaired) electrons. The molecular weight excluding hydrogens is 260 g/mol.